The fraction of sp³-hybridized carbons (Fsp3) is 0.357. The third-order valence-corrected chi connectivity index (χ3v) is 5.49. The van der Waals surface area contributed by atoms with Gasteiger partial charge < -0.3 is 9.88 Å². The molecule has 1 aliphatic heterocycles. The number of hydrogen-bond acceptors (Lipinski definition) is 6. The van der Waals surface area contributed by atoms with Gasteiger partial charge in [-0.25, -0.2) is 15.0 Å². The summed E-state index contributed by atoms with van der Waals surface area (Å²) in [6.45, 7) is 5.03. The number of anilines is 1. The predicted octanol–water partition coefficient (Wildman–Crippen LogP) is 2.50. The summed E-state index contributed by atoms with van der Waals surface area (Å²) < 4.78 is 1.20. The van der Waals surface area contributed by atoms with Crippen molar-refractivity contribution in [2.45, 2.75) is 6.54 Å². The van der Waals surface area contributed by atoms with E-state index in [1.54, 1.807) is 12.7 Å². The minimum absolute atomic E-state index is 0.732. The molecule has 8 heteroatoms. The molecule has 0 amide bonds. The molecule has 114 valence electrons. The van der Waals surface area contributed by atoms with Crippen LogP contribution in [0.2, 0.25) is 0 Å². The lowest BCUT2D eigenvalue weighted by Gasteiger charge is -2.35. The molecule has 0 unspecified atom stereocenters. The molecule has 0 radical (unpaired) electrons. The number of nitrogens with one attached hydrogen (secondary N) is 1. The van der Waals surface area contributed by atoms with Gasteiger partial charge in [-0.1, -0.05) is 0 Å². The number of rotatable bonds is 3. The second kappa shape index (κ2) is 5.94. The van der Waals surface area contributed by atoms with Gasteiger partial charge in [0.15, 0.2) is 11.5 Å². The van der Waals surface area contributed by atoms with Crippen LogP contribution in [0.5, 0.6) is 0 Å². The molecular formula is C14H15BrN6S. The molecule has 22 heavy (non-hydrogen) atoms. The van der Waals surface area contributed by atoms with Gasteiger partial charge in [0.2, 0.25) is 0 Å². The van der Waals surface area contributed by atoms with Crippen molar-refractivity contribution in [1.29, 1.82) is 0 Å². The Morgan fingerprint density at radius 2 is 2.00 bits per heavy atom. The van der Waals surface area contributed by atoms with Crippen LogP contribution in [0.4, 0.5) is 5.82 Å². The van der Waals surface area contributed by atoms with E-state index < -0.39 is 0 Å². The van der Waals surface area contributed by atoms with Crippen LogP contribution in [0.25, 0.3) is 11.2 Å². The third kappa shape index (κ3) is 2.73. The largest absolute Gasteiger partial charge is 0.352 e. The van der Waals surface area contributed by atoms with Crippen molar-refractivity contribution < 1.29 is 0 Å². The minimum atomic E-state index is 0.732. The van der Waals surface area contributed by atoms with Gasteiger partial charge in [0.25, 0.3) is 0 Å². The van der Waals surface area contributed by atoms with E-state index >= 15 is 0 Å². The Bertz CT molecular complexity index is 776. The van der Waals surface area contributed by atoms with Crippen LogP contribution >= 0.6 is 27.3 Å². The summed E-state index contributed by atoms with van der Waals surface area (Å²) in [5.41, 5.74) is 1.66. The third-order valence-electron chi connectivity index (χ3n) is 3.88. The van der Waals surface area contributed by atoms with E-state index in [2.05, 4.69) is 57.8 Å². The highest BCUT2D eigenvalue weighted by Crippen LogP contribution is 2.25. The number of imidazole rings is 1. The summed E-state index contributed by atoms with van der Waals surface area (Å²) >= 11 is 5.33. The maximum atomic E-state index is 4.44. The standard InChI is InChI=1S/C14H15BrN6S/c15-11-2-1-10(22-11)7-20-3-5-21(6-4-20)14-12-13(17-8-16-12)18-9-19-14/h1-2,8-9H,3-7H2,(H,16,17,18,19). The van der Waals surface area contributed by atoms with Crippen LogP contribution in [0, 0.1) is 0 Å². The normalized spacial score (nSPS) is 16.5. The number of halogens is 1. The predicted molar refractivity (Wildman–Crippen MR) is 91.2 cm³/mol. The molecule has 0 spiro atoms. The summed E-state index contributed by atoms with van der Waals surface area (Å²) in [6.07, 6.45) is 3.27. The Morgan fingerprint density at radius 1 is 1.14 bits per heavy atom. The van der Waals surface area contributed by atoms with E-state index in [0.29, 0.717) is 0 Å². The van der Waals surface area contributed by atoms with Crippen LogP contribution < -0.4 is 4.90 Å². The first kappa shape index (κ1) is 14.1. The Kier molecular flexibility index (Phi) is 3.81. The van der Waals surface area contributed by atoms with Crippen LogP contribution in [0.1, 0.15) is 4.88 Å². The summed E-state index contributed by atoms with van der Waals surface area (Å²) in [5.74, 6) is 0.959. The number of hydrogen-bond donors (Lipinski definition) is 1. The molecule has 1 N–H and O–H groups in total. The smallest absolute Gasteiger partial charge is 0.182 e. The monoisotopic (exact) mass is 378 g/mol. The zero-order valence-corrected chi connectivity index (χ0v) is 14.3. The number of aromatic amines is 1. The lowest BCUT2D eigenvalue weighted by molar-refractivity contribution is 0.251. The summed E-state index contributed by atoms with van der Waals surface area (Å²) in [6, 6.07) is 4.31. The van der Waals surface area contributed by atoms with Crippen LogP contribution in [-0.2, 0) is 6.54 Å². The fourth-order valence-corrected chi connectivity index (χ4v) is 4.29. The molecule has 0 saturated carbocycles. The molecule has 6 nitrogen and oxygen atoms in total. The molecule has 3 aromatic rings. The van der Waals surface area contributed by atoms with Crippen LogP contribution in [-0.4, -0.2) is 51.0 Å². The summed E-state index contributed by atoms with van der Waals surface area (Å²) in [7, 11) is 0. The van der Waals surface area contributed by atoms with Crippen molar-refractivity contribution in [1.82, 2.24) is 24.8 Å². The Labute approximate surface area is 140 Å². The molecule has 1 aliphatic rings. The zero-order chi connectivity index (χ0) is 14.9. The quantitative estimate of drug-likeness (QED) is 0.758. The maximum Gasteiger partial charge on any atom is 0.182 e. The van der Waals surface area contributed by atoms with Gasteiger partial charge in [0, 0.05) is 37.6 Å². The number of piperazine rings is 1. The van der Waals surface area contributed by atoms with Gasteiger partial charge in [0.1, 0.15) is 11.8 Å². The number of fused-ring (bicyclic) bond motifs is 1. The SMILES string of the molecule is Brc1ccc(CN2CCN(c3ncnc4nc[nH]c34)CC2)s1. The van der Waals surface area contributed by atoms with E-state index in [4.69, 9.17) is 0 Å². The first-order valence-electron chi connectivity index (χ1n) is 7.15. The average molecular weight is 379 g/mol. The maximum absolute atomic E-state index is 4.44. The highest BCUT2D eigenvalue weighted by atomic mass is 79.9. The van der Waals surface area contributed by atoms with Gasteiger partial charge in [-0.3, -0.25) is 4.90 Å². The topological polar surface area (TPSA) is 60.9 Å². The second-order valence-corrected chi connectivity index (χ2v) is 7.82. The first-order chi connectivity index (χ1) is 10.8. The van der Waals surface area contributed by atoms with Gasteiger partial charge in [-0.15, -0.1) is 11.3 Å². The number of aromatic nitrogens is 4. The Balaban J connectivity index is 1.44. The van der Waals surface area contributed by atoms with Gasteiger partial charge in [0.05, 0.1) is 10.1 Å². The second-order valence-electron chi connectivity index (χ2n) is 5.27. The highest BCUT2D eigenvalue weighted by Gasteiger charge is 2.21. The number of thiophene rings is 1. The average Bonchev–Trinajstić information content (AvgIpc) is 3.16. The molecule has 0 aromatic carbocycles. The molecule has 0 aliphatic carbocycles. The molecule has 1 fully saturated rings. The minimum Gasteiger partial charge on any atom is -0.352 e. The summed E-state index contributed by atoms with van der Waals surface area (Å²) in [4.78, 5) is 22.2. The van der Waals surface area contributed by atoms with Crippen molar-refractivity contribution in [3.05, 3.63) is 33.5 Å². The molecule has 0 atom stereocenters. The Morgan fingerprint density at radius 3 is 2.77 bits per heavy atom. The molecule has 4 heterocycles. The molecule has 3 aromatic heterocycles. The zero-order valence-electron chi connectivity index (χ0n) is 11.9. The van der Waals surface area contributed by atoms with Crippen molar-refractivity contribution in [2.75, 3.05) is 31.1 Å². The summed E-state index contributed by atoms with van der Waals surface area (Å²) in [5, 5.41) is 0. The van der Waals surface area contributed by atoms with Gasteiger partial charge in [-0.2, -0.15) is 0 Å². The number of H-pyrrole nitrogens is 1. The Hall–Kier alpha value is -1.51. The lowest BCUT2D eigenvalue weighted by Crippen LogP contribution is -2.46. The van der Waals surface area contributed by atoms with Crippen LogP contribution in [0.15, 0.2) is 28.6 Å². The van der Waals surface area contributed by atoms with E-state index in [9.17, 15) is 0 Å². The molecule has 1 saturated heterocycles. The molecule has 0 bridgehead atoms. The van der Waals surface area contributed by atoms with Gasteiger partial charge >= 0.3 is 0 Å². The molecular weight excluding hydrogens is 364 g/mol. The van der Waals surface area contributed by atoms with E-state index in [1.165, 1.54) is 8.66 Å². The highest BCUT2D eigenvalue weighted by molar-refractivity contribution is 9.11. The van der Waals surface area contributed by atoms with Crippen molar-refractivity contribution in [3.63, 3.8) is 0 Å². The van der Waals surface area contributed by atoms with Crippen LogP contribution in [0.3, 0.4) is 0 Å². The van der Waals surface area contributed by atoms with E-state index in [1.807, 2.05) is 11.3 Å². The van der Waals surface area contributed by atoms with Crippen molar-refractivity contribution in [3.8, 4) is 0 Å². The number of nitrogens with zero attached hydrogens (tertiary/aromatic N) is 5. The van der Waals surface area contributed by atoms with Crippen molar-refractivity contribution in [2.24, 2.45) is 0 Å². The van der Waals surface area contributed by atoms with E-state index in [-0.39, 0.29) is 0 Å². The molecule has 4 rings (SSSR count). The van der Waals surface area contributed by atoms with Crippen molar-refractivity contribution >= 4 is 44.2 Å². The fourth-order valence-electron chi connectivity index (χ4n) is 2.77. The first-order valence-corrected chi connectivity index (χ1v) is 8.76. The lowest BCUT2D eigenvalue weighted by atomic mass is 10.3. The van der Waals surface area contributed by atoms with Gasteiger partial charge in [-0.05, 0) is 28.1 Å². The van der Waals surface area contributed by atoms with E-state index in [0.717, 1.165) is 49.7 Å².